The normalized spacial score (nSPS) is 12.2. The summed E-state index contributed by atoms with van der Waals surface area (Å²) >= 11 is 0. The number of phenolic OH excluding ortho intramolecular Hbond substituents is 1. The van der Waals surface area contributed by atoms with Gasteiger partial charge in [-0.15, -0.1) is 0 Å². The molecule has 24 nitrogen and oxygen atoms in total. The second-order valence-corrected chi connectivity index (χ2v) is 20.8. The molecule has 14 N–H and O–H groups in total. The summed E-state index contributed by atoms with van der Waals surface area (Å²) in [6.45, 7) is 13.0. The molecule has 2 atom stereocenters. The second kappa shape index (κ2) is 37.0. The number of aromatic hydroxyl groups is 1. The summed E-state index contributed by atoms with van der Waals surface area (Å²) in [6, 6.07) is 1.02. The molecule has 2 unspecified atom stereocenters. The van der Waals surface area contributed by atoms with Crippen molar-refractivity contribution in [3.05, 3.63) is 56.8 Å². The van der Waals surface area contributed by atoms with Crippen LogP contribution < -0.4 is 73.6 Å². The van der Waals surface area contributed by atoms with Crippen molar-refractivity contribution >= 4 is 57.5 Å². The number of nitrogens with one attached hydrogen (secondary N) is 9. The summed E-state index contributed by atoms with van der Waals surface area (Å²) in [5, 5.41) is 43.4. The van der Waals surface area contributed by atoms with Gasteiger partial charge >= 0.3 is 0 Å². The van der Waals surface area contributed by atoms with Crippen LogP contribution in [0.5, 0.6) is 23.0 Å². The third-order valence-electron chi connectivity index (χ3n) is 12.7. The number of benzene rings is 2. The number of hydrogen-bond donors (Lipinski definition) is 12. The molecule has 3 rings (SSSR count). The van der Waals surface area contributed by atoms with Gasteiger partial charge in [-0.25, -0.2) is 0 Å². The number of carbonyl (C=O) groups excluding carboxylic acids is 4. The molecular formula is C57H94N14O10. The van der Waals surface area contributed by atoms with Gasteiger partial charge in [0.05, 0.1) is 12.5 Å². The van der Waals surface area contributed by atoms with Crippen molar-refractivity contribution < 1.29 is 42.9 Å². The van der Waals surface area contributed by atoms with E-state index >= 15 is 0 Å². The highest BCUT2D eigenvalue weighted by Gasteiger charge is 2.27. The van der Waals surface area contributed by atoms with E-state index in [1.54, 1.807) is 7.05 Å². The number of nitrogens with two attached hydrogens (primary N) is 2. The molecule has 1 aromatic heterocycles. The minimum absolute atomic E-state index is 0.0406. The van der Waals surface area contributed by atoms with Crippen LogP contribution in [0.3, 0.4) is 0 Å². The van der Waals surface area contributed by atoms with Gasteiger partial charge in [-0.3, -0.25) is 34.4 Å². The quantitative estimate of drug-likeness (QED) is 0.0128. The average molecular weight is 1140 g/mol. The van der Waals surface area contributed by atoms with Crippen molar-refractivity contribution in [3.63, 3.8) is 0 Å². The second-order valence-electron chi connectivity index (χ2n) is 20.8. The van der Waals surface area contributed by atoms with E-state index in [1.165, 1.54) is 19.2 Å². The van der Waals surface area contributed by atoms with Gasteiger partial charge in [-0.05, 0) is 159 Å². The van der Waals surface area contributed by atoms with E-state index < -0.39 is 48.3 Å². The van der Waals surface area contributed by atoms with Crippen LogP contribution >= 0.6 is 0 Å². The van der Waals surface area contributed by atoms with Crippen molar-refractivity contribution in [2.24, 2.45) is 16.5 Å². The Hall–Kier alpha value is -7.15. The van der Waals surface area contributed by atoms with Crippen molar-refractivity contribution in [2.75, 3.05) is 121 Å². The van der Waals surface area contributed by atoms with E-state index in [2.05, 4.69) is 57.3 Å². The van der Waals surface area contributed by atoms with Crippen LogP contribution in [0, 0.1) is 5.41 Å². The van der Waals surface area contributed by atoms with Crippen LogP contribution in [0.1, 0.15) is 90.2 Å². The number of aliphatic imine (C=N–C) groups is 1. The molecule has 0 saturated carbocycles. The maximum absolute atomic E-state index is 14.9. The number of hydrogen-bond acceptors (Lipinski definition) is 16. The van der Waals surface area contributed by atoms with Crippen LogP contribution in [-0.2, 0) is 32.0 Å². The molecule has 4 amide bonds. The molecule has 24 heteroatoms. The highest BCUT2D eigenvalue weighted by Crippen LogP contribution is 2.41. The monoisotopic (exact) mass is 1130 g/mol. The molecule has 1 heterocycles. The van der Waals surface area contributed by atoms with E-state index in [0.29, 0.717) is 70.5 Å². The van der Waals surface area contributed by atoms with Crippen LogP contribution in [0.2, 0.25) is 0 Å². The Bertz CT molecular complexity index is 2660. The van der Waals surface area contributed by atoms with Gasteiger partial charge in [-0.1, -0.05) is 23.3 Å². The van der Waals surface area contributed by atoms with Gasteiger partial charge in [0.2, 0.25) is 17.2 Å². The molecule has 0 radical (unpaired) electrons. The number of fused-ring (bicyclic) bond motifs is 2. The highest BCUT2D eigenvalue weighted by molar-refractivity contribution is 5.98. The fraction of sp³-hybridized carbons (Fsp3) is 0.596. The Morgan fingerprint density at radius 1 is 0.667 bits per heavy atom. The largest absolute Gasteiger partial charge is 0.507 e. The fourth-order valence-corrected chi connectivity index (χ4v) is 8.48. The standard InChI is InChI=1S/C57H94N14O10/c1-37(2)19-21-39-43(79-35-47(72)68-42(18-12-28-67-57(60)61-5)55(77)65-30-14-24-63-26-16-32-71(8)9)33-45-50(51(39)74)52(75)49-40(22-20-38(3)4)53(78-10)46(34-44(49)81-45)80-36-48(73)69-41(17-11-27-66-56(58)59)54(76)64-29-13-23-62-25-15-31-70(6)7/h19-20,33-34,41-42,62-63,74H,11-18,21-32,35-36H2,1-10H3,(H,64,76)(H,65,77)(H,68,72)(H,69,73)(H4,58,59,66)(H3,60,61,67). The molecule has 0 fully saturated rings. The fourth-order valence-electron chi connectivity index (χ4n) is 8.48. The van der Waals surface area contributed by atoms with E-state index in [0.717, 1.165) is 50.2 Å². The minimum atomic E-state index is -0.934. The number of guanidine groups is 2. The van der Waals surface area contributed by atoms with Gasteiger partial charge in [0, 0.05) is 56.5 Å². The molecule has 0 spiro atoms. The lowest BCUT2D eigenvalue weighted by molar-refractivity contribution is -0.130. The van der Waals surface area contributed by atoms with Crippen molar-refractivity contribution in [1.29, 1.82) is 5.41 Å². The lowest BCUT2D eigenvalue weighted by atomic mass is 9.98. The minimum Gasteiger partial charge on any atom is -0.507 e. The first-order chi connectivity index (χ1) is 38.7. The van der Waals surface area contributed by atoms with Crippen molar-refractivity contribution in [1.82, 2.24) is 52.3 Å². The Morgan fingerprint density at radius 2 is 1.12 bits per heavy atom. The summed E-state index contributed by atoms with van der Waals surface area (Å²) in [4.78, 5) is 77.3. The maximum Gasteiger partial charge on any atom is 0.258 e. The van der Waals surface area contributed by atoms with Crippen LogP contribution in [-0.4, -0.2) is 184 Å². The molecule has 0 aliphatic carbocycles. The predicted octanol–water partition coefficient (Wildman–Crippen LogP) is 2.08. The molecule has 0 bridgehead atoms. The van der Waals surface area contributed by atoms with Gasteiger partial charge < -0.3 is 87.5 Å². The van der Waals surface area contributed by atoms with E-state index in [4.69, 9.17) is 35.5 Å². The Morgan fingerprint density at radius 3 is 1.60 bits per heavy atom. The summed E-state index contributed by atoms with van der Waals surface area (Å²) < 4.78 is 24.6. The van der Waals surface area contributed by atoms with Crippen LogP contribution in [0.15, 0.2) is 49.6 Å². The first kappa shape index (κ1) is 68.1. The summed E-state index contributed by atoms with van der Waals surface area (Å²) in [7, 11) is 11.1. The molecule has 0 aliphatic heterocycles. The summed E-state index contributed by atoms with van der Waals surface area (Å²) in [6.07, 6.45) is 8.80. The first-order valence-corrected chi connectivity index (χ1v) is 27.9. The molecule has 0 aliphatic rings. The van der Waals surface area contributed by atoms with E-state index in [-0.39, 0.29) is 94.2 Å². The molecule has 3 aromatic rings. The zero-order valence-corrected chi connectivity index (χ0v) is 49.6. The van der Waals surface area contributed by atoms with Gasteiger partial charge in [0.15, 0.2) is 36.6 Å². The van der Waals surface area contributed by atoms with Gasteiger partial charge in [0.1, 0.15) is 40.1 Å². The number of nitrogens with zero attached hydrogens (tertiary/aromatic N) is 3. The number of carbonyl (C=O) groups is 4. The van der Waals surface area contributed by atoms with Crippen molar-refractivity contribution in [2.45, 2.75) is 104 Å². The first-order valence-electron chi connectivity index (χ1n) is 27.9. The average Bonchev–Trinajstić information content (AvgIpc) is 3.56. The zero-order valence-electron chi connectivity index (χ0n) is 49.6. The lowest BCUT2D eigenvalue weighted by Gasteiger charge is -2.20. The van der Waals surface area contributed by atoms with Crippen LogP contribution in [0.25, 0.3) is 21.9 Å². The van der Waals surface area contributed by atoms with E-state index in [1.807, 2.05) is 68.0 Å². The Labute approximate surface area is 477 Å². The third-order valence-corrected chi connectivity index (χ3v) is 12.7. The predicted molar refractivity (Wildman–Crippen MR) is 321 cm³/mol. The Balaban J connectivity index is 1.97. The molecule has 452 valence electrons. The number of ether oxygens (including phenoxy) is 3. The maximum atomic E-state index is 14.9. The third kappa shape index (κ3) is 25.0. The number of amides is 4. The molecule has 81 heavy (non-hydrogen) atoms. The Kier molecular flexibility index (Phi) is 31.1. The van der Waals surface area contributed by atoms with Gasteiger partial charge in [0.25, 0.3) is 11.8 Å². The SMILES string of the molecule is C/N=C(/N)NCCCC(NC(=O)COc1cc2oc3cc(OCC(=O)NC(CCCNC(=N)N)C(=O)NCCCNCCCN(C)C)c(OC)c(CC=C(C)C)c3c(=O)c2c(O)c1CC=C(C)C)C(=O)NCCCNCCCN(C)C. The lowest BCUT2D eigenvalue weighted by Crippen LogP contribution is -2.48. The summed E-state index contributed by atoms with van der Waals surface area (Å²) in [5.74, 6) is -2.06. The number of allylic oxidation sites excluding steroid dienone is 4. The highest BCUT2D eigenvalue weighted by atomic mass is 16.5. The number of methoxy groups -OCH3 is 1. The number of phenols is 1. The summed E-state index contributed by atoms with van der Waals surface area (Å²) in [5.41, 5.74) is 13.1. The zero-order chi connectivity index (χ0) is 59.9. The number of rotatable bonds is 39. The topological polar surface area (TPSA) is 337 Å². The smallest absolute Gasteiger partial charge is 0.258 e. The van der Waals surface area contributed by atoms with E-state index in [9.17, 15) is 29.1 Å². The molecule has 2 aromatic carbocycles. The van der Waals surface area contributed by atoms with Crippen LogP contribution in [0.4, 0.5) is 0 Å². The van der Waals surface area contributed by atoms with Crippen molar-refractivity contribution in [3.8, 4) is 23.0 Å². The molecular weight excluding hydrogens is 1040 g/mol. The molecule has 0 saturated heterocycles. The van der Waals surface area contributed by atoms with Gasteiger partial charge in [-0.2, -0.15) is 0 Å².